The maximum absolute atomic E-state index is 10.2. The summed E-state index contributed by atoms with van der Waals surface area (Å²) in [5, 5.41) is 8.43. The number of rotatable bonds is 18. The second kappa shape index (κ2) is 24.0. The predicted molar refractivity (Wildman–Crippen MR) is 119 cm³/mol. The third-order valence-corrected chi connectivity index (χ3v) is 6.40. The van der Waals surface area contributed by atoms with Gasteiger partial charge in [-0.1, -0.05) is 90.0 Å². The Labute approximate surface area is 207 Å². The number of aliphatic carboxylic acids is 1. The molecule has 0 aliphatic carbocycles. The van der Waals surface area contributed by atoms with Crippen molar-refractivity contribution in [2.24, 2.45) is 0 Å². The van der Waals surface area contributed by atoms with Gasteiger partial charge in [0, 0.05) is 6.08 Å². The van der Waals surface area contributed by atoms with Crippen molar-refractivity contribution < 1.29 is 22.9 Å². The first-order chi connectivity index (χ1) is 13.3. The van der Waals surface area contributed by atoms with Gasteiger partial charge >= 0.3 is 90.7 Å². The summed E-state index contributed by atoms with van der Waals surface area (Å²) in [5.41, 5.74) is 0. The molecule has 0 aliphatic heterocycles. The van der Waals surface area contributed by atoms with E-state index in [1.807, 2.05) is 0 Å². The molecule has 162 valence electrons. The Balaban J connectivity index is 0. The number of unbranched alkanes of at least 4 members (excludes halogenated alkanes) is 13. The van der Waals surface area contributed by atoms with Crippen molar-refractivity contribution >= 4 is 65.0 Å². The fraction of sp³-hybridized carbons (Fsp3) is 0.857. The SMILES string of the molecule is CCCCCCCCCCCCCCCC=CC(=O)O.O=S(=O)(O)CC[CH2][K]. The van der Waals surface area contributed by atoms with E-state index < -0.39 is 16.1 Å². The molecule has 0 saturated carbocycles. The number of hydrogen-bond donors (Lipinski definition) is 2. The van der Waals surface area contributed by atoms with Gasteiger partial charge < -0.3 is 5.11 Å². The number of allylic oxidation sites excluding steroid dienone is 1. The Morgan fingerprint density at radius 1 is 0.821 bits per heavy atom. The molecule has 0 amide bonds. The summed E-state index contributed by atoms with van der Waals surface area (Å²) in [7, 11) is -3.66. The van der Waals surface area contributed by atoms with E-state index in [9.17, 15) is 13.2 Å². The van der Waals surface area contributed by atoms with Crippen LogP contribution in [0.4, 0.5) is 0 Å². The zero-order valence-corrected chi connectivity index (χ0v) is 22.1. The topological polar surface area (TPSA) is 91.7 Å². The van der Waals surface area contributed by atoms with Gasteiger partial charge in [0.25, 0.3) is 0 Å². The monoisotopic (exact) mass is 444 g/mol. The van der Waals surface area contributed by atoms with Crippen LogP contribution in [0.25, 0.3) is 0 Å². The van der Waals surface area contributed by atoms with E-state index >= 15 is 0 Å². The molecular weight excluding hydrogens is 403 g/mol. The normalized spacial score (nSPS) is 11.4. The van der Waals surface area contributed by atoms with Gasteiger partial charge in [-0.15, -0.1) is 0 Å². The summed E-state index contributed by atoms with van der Waals surface area (Å²) in [6, 6.07) is 0. The third-order valence-electron chi connectivity index (χ3n) is 4.49. The first-order valence-corrected chi connectivity index (χ1v) is 15.0. The average Bonchev–Trinajstić information content (AvgIpc) is 2.63. The van der Waals surface area contributed by atoms with Crippen LogP contribution in [0.5, 0.6) is 0 Å². The van der Waals surface area contributed by atoms with Gasteiger partial charge in [0.1, 0.15) is 0 Å². The zero-order chi connectivity index (χ0) is 21.5. The Hall–Kier alpha value is 0.756. The molecule has 0 bridgehead atoms. The van der Waals surface area contributed by atoms with Gasteiger partial charge in [0.2, 0.25) is 0 Å². The molecular formula is C21H41KO5S. The third kappa shape index (κ3) is 34.3. The molecule has 5 nitrogen and oxygen atoms in total. The van der Waals surface area contributed by atoms with E-state index in [-0.39, 0.29) is 5.75 Å². The summed E-state index contributed by atoms with van der Waals surface area (Å²) in [6.45, 7) is 2.27. The molecule has 2 N–H and O–H groups in total. The fourth-order valence-corrected chi connectivity index (χ4v) is 4.80. The summed E-state index contributed by atoms with van der Waals surface area (Å²) < 4.78 is 29.1. The van der Waals surface area contributed by atoms with Crippen LogP contribution in [0, 0.1) is 0 Å². The van der Waals surface area contributed by atoms with Crippen molar-refractivity contribution in [3.8, 4) is 0 Å². The molecule has 0 aliphatic rings. The van der Waals surface area contributed by atoms with Crippen LogP contribution in [-0.2, 0) is 14.9 Å². The Bertz CT molecular complexity index is 463. The Kier molecular flexibility index (Phi) is 26.6. The summed E-state index contributed by atoms with van der Waals surface area (Å²) >= 11 is 0.706. The number of hydrogen-bond acceptors (Lipinski definition) is 3. The fourth-order valence-electron chi connectivity index (χ4n) is 2.79. The Morgan fingerprint density at radius 2 is 1.25 bits per heavy atom. The molecule has 0 aromatic heterocycles. The van der Waals surface area contributed by atoms with Crippen LogP contribution in [-0.4, -0.2) is 78.8 Å². The second-order valence-electron chi connectivity index (χ2n) is 7.41. The summed E-state index contributed by atoms with van der Waals surface area (Å²) in [6.07, 6.45) is 22.2. The van der Waals surface area contributed by atoms with Gasteiger partial charge in [-0.25, -0.2) is 4.79 Å². The molecule has 0 atom stereocenters. The number of carboxylic acid groups (broad SMARTS) is 1. The molecule has 0 unspecified atom stereocenters. The molecule has 0 fully saturated rings. The molecule has 0 rings (SSSR count). The molecule has 0 heterocycles. The average molecular weight is 445 g/mol. The van der Waals surface area contributed by atoms with Crippen LogP contribution in [0.1, 0.15) is 103 Å². The molecule has 0 spiro atoms. The summed E-state index contributed by atoms with van der Waals surface area (Å²) in [4.78, 5) is 10.2. The maximum atomic E-state index is 10.2. The standard InChI is InChI=1S/C18H34O2.C3H7O3S.K/c1-2-3-4-5-6-7-8-9-10-11-12-13-14-15-16-17-18(19)20;1-2-3-7(4,5)6;/h16-17H,2-15H2,1H3,(H,19,20);1-3H2,(H,4,5,6);. The summed E-state index contributed by atoms with van der Waals surface area (Å²) in [5.74, 6) is -0.894. The van der Waals surface area contributed by atoms with Gasteiger partial charge in [-0.3, -0.25) is 0 Å². The molecule has 0 aromatic carbocycles. The predicted octanol–water partition coefficient (Wildman–Crippen LogP) is 5.96. The van der Waals surface area contributed by atoms with Crippen molar-refractivity contribution in [3.05, 3.63) is 12.2 Å². The van der Waals surface area contributed by atoms with Gasteiger partial charge in [-0.2, -0.15) is 0 Å². The quantitative estimate of drug-likeness (QED) is 0.118. The first kappa shape index (κ1) is 30.9. The van der Waals surface area contributed by atoms with Crippen molar-refractivity contribution in [3.63, 3.8) is 0 Å². The van der Waals surface area contributed by atoms with E-state index in [1.54, 1.807) is 6.08 Å². The molecule has 0 aromatic rings. The molecule has 7 heteroatoms. The van der Waals surface area contributed by atoms with Crippen LogP contribution in [0.3, 0.4) is 0 Å². The van der Waals surface area contributed by atoms with Crippen LogP contribution < -0.4 is 0 Å². The molecule has 0 saturated heterocycles. The molecule has 0 radical (unpaired) electrons. The van der Waals surface area contributed by atoms with Gasteiger partial charge in [-0.05, 0) is 12.8 Å². The number of carbonyl (C=O) groups is 1. The van der Waals surface area contributed by atoms with Crippen molar-refractivity contribution in [2.45, 2.75) is 104 Å². The van der Waals surface area contributed by atoms with Crippen molar-refractivity contribution in [1.82, 2.24) is 0 Å². The van der Waals surface area contributed by atoms with E-state index in [0.29, 0.717) is 55.4 Å². The number of carboxylic acids is 1. The van der Waals surface area contributed by atoms with Crippen LogP contribution in [0.15, 0.2) is 12.2 Å². The van der Waals surface area contributed by atoms with E-state index in [4.69, 9.17) is 9.66 Å². The van der Waals surface area contributed by atoms with E-state index in [2.05, 4.69) is 6.92 Å². The first-order valence-electron chi connectivity index (χ1n) is 11.2. The van der Waals surface area contributed by atoms with Crippen LogP contribution in [0.2, 0.25) is 0.515 Å². The second-order valence-corrected chi connectivity index (χ2v) is 10.5. The minimum absolute atomic E-state index is 0.0608. The van der Waals surface area contributed by atoms with Gasteiger partial charge in [0.05, 0.1) is 0 Å². The van der Waals surface area contributed by atoms with E-state index in [1.165, 1.54) is 83.1 Å². The minimum atomic E-state index is -3.66. The molecule has 28 heavy (non-hydrogen) atoms. The van der Waals surface area contributed by atoms with E-state index in [0.717, 1.165) is 13.4 Å². The Morgan fingerprint density at radius 3 is 1.57 bits per heavy atom. The van der Waals surface area contributed by atoms with Crippen LogP contribution >= 0.6 is 0 Å². The van der Waals surface area contributed by atoms with Crippen molar-refractivity contribution in [2.75, 3.05) is 5.75 Å². The zero-order valence-electron chi connectivity index (χ0n) is 18.2. The van der Waals surface area contributed by atoms with Gasteiger partial charge in [0.15, 0.2) is 0 Å². The van der Waals surface area contributed by atoms with Crippen molar-refractivity contribution in [1.29, 1.82) is 0 Å².